The first-order valence-corrected chi connectivity index (χ1v) is 12.8. The van der Waals surface area contributed by atoms with Crippen LogP contribution < -0.4 is 0 Å². The number of hydrogen-bond donors (Lipinski definition) is 0. The minimum Gasteiger partial charge on any atom is -0.120 e. The van der Waals surface area contributed by atoms with E-state index in [-0.39, 0.29) is 5.92 Å². The standard InChI is InChI=1S/C27H38.C3H4.2C2H6/c1-12-13-21(9)25(18(4)5)27(24-15-14-20(8)16-22(24)10)26(19(6)7)23(11)17(2)3;1-3-2;2*1-2/h14-16,27H,2,6,9,12-13H2,1,3-5,7-8,10-11H3;1H,2H3;2*1-2H3/b26-23+;;;. The molecule has 1 aromatic carbocycles. The Morgan fingerprint density at radius 2 is 1.35 bits per heavy atom. The van der Waals surface area contributed by atoms with Gasteiger partial charge in [0.15, 0.2) is 0 Å². The van der Waals surface area contributed by atoms with E-state index >= 15 is 0 Å². The summed E-state index contributed by atoms with van der Waals surface area (Å²) in [4.78, 5) is 0. The molecule has 0 fully saturated rings. The number of benzene rings is 1. The number of aryl methyl sites for hydroxylation is 2. The Balaban J connectivity index is -0.00000124. The smallest absolute Gasteiger partial charge is 0.0349 e. The number of terminal acetylenes is 1. The maximum absolute atomic E-state index is 4.60. The van der Waals surface area contributed by atoms with Gasteiger partial charge in [0.25, 0.3) is 0 Å². The van der Waals surface area contributed by atoms with Gasteiger partial charge in [0.05, 0.1) is 0 Å². The second-order valence-corrected chi connectivity index (χ2v) is 8.45. The minimum absolute atomic E-state index is 0.142. The van der Waals surface area contributed by atoms with Crippen LogP contribution in [0.15, 0.2) is 76.9 Å². The molecule has 0 heteroatoms. The molecular formula is C34H54. The summed E-state index contributed by atoms with van der Waals surface area (Å²) < 4.78 is 0. The molecule has 1 unspecified atom stereocenters. The predicted molar refractivity (Wildman–Crippen MR) is 161 cm³/mol. The Kier molecular flexibility index (Phi) is 21.1. The minimum atomic E-state index is 0.142. The fraction of sp³-hybridized carbons (Fsp3) is 0.471. The lowest BCUT2D eigenvalue weighted by molar-refractivity contribution is 0.837. The van der Waals surface area contributed by atoms with Crippen LogP contribution in [-0.2, 0) is 0 Å². The summed E-state index contributed by atoms with van der Waals surface area (Å²) in [7, 11) is 0. The van der Waals surface area contributed by atoms with Crippen LogP contribution in [0.4, 0.5) is 0 Å². The molecule has 0 heterocycles. The van der Waals surface area contributed by atoms with Crippen molar-refractivity contribution in [2.75, 3.05) is 0 Å². The molecule has 1 aromatic rings. The average molecular weight is 463 g/mol. The van der Waals surface area contributed by atoms with Gasteiger partial charge >= 0.3 is 0 Å². The predicted octanol–water partition coefficient (Wildman–Crippen LogP) is 11.2. The molecule has 0 spiro atoms. The molecule has 34 heavy (non-hydrogen) atoms. The highest BCUT2D eigenvalue weighted by atomic mass is 14.3. The van der Waals surface area contributed by atoms with Gasteiger partial charge in [0.2, 0.25) is 0 Å². The zero-order chi connectivity index (χ0) is 27.6. The molecular weight excluding hydrogens is 408 g/mol. The van der Waals surface area contributed by atoms with E-state index in [0.29, 0.717) is 0 Å². The maximum atomic E-state index is 4.60. The molecule has 0 saturated heterocycles. The van der Waals surface area contributed by atoms with Crippen LogP contribution in [0.3, 0.4) is 0 Å². The van der Waals surface area contributed by atoms with E-state index in [2.05, 4.69) is 106 Å². The highest BCUT2D eigenvalue weighted by Crippen LogP contribution is 2.44. The summed E-state index contributed by atoms with van der Waals surface area (Å²) in [6, 6.07) is 6.78. The summed E-state index contributed by atoms with van der Waals surface area (Å²) in [6.45, 7) is 40.1. The van der Waals surface area contributed by atoms with E-state index < -0.39 is 0 Å². The Morgan fingerprint density at radius 1 is 0.882 bits per heavy atom. The van der Waals surface area contributed by atoms with E-state index in [1.807, 2.05) is 27.7 Å². The quantitative estimate of drug-likeness (QED) is 0.266. The van der Waals surface area contributed by atoms with E-state index in [9.17, 15) is 0 Å². The summed E-state index contributed by atoms with van der Waals surface area (Å²) in [6.07, 6.45) is 6.71. The molecule has 0 radical (unpaired) electrons. The van der Waals surface area contributed by atoms with E-state index in [4.69, 9.17) is 0 Å². The van der Waals surface area contributed by atoms with Crippen LogP contribution in [0.2, 0.25) is 0 Å². The molecule has 0 bridgehead atoms. The van der Waals surface area contributed by atoms with Crippen molar-refractivity contribution in [3.63, 3.8) is 0 Å². The van der Waals surface area contributed by atoms with Gasteiger partial charge < -0.3 is 0 Å². The zero-order valence-electron chi connectivity index (χ0n) is 24.9. The average Bonchev–Trinajstić information content (AvgIpc) is 2.76. The molecule has 1 atom stereocenters. The SMILES string of the molecule is C#CC.C=C(CCC)C(=C(C)C)C(/C(C(=C)C)=C(\C)C(=C)C)c1ccc(C)cc1C.CC.CC. The van der Waals surface area contributed by atoms with Crippen molar-refractivity contribution >= 4 is 0 Å². The first-order chi connectivity index (χ1) is 15.9. The van der Waals surface area contributed by atoms with Crippen LogP contribution in [0.5, 0.6) is 0 Å². The van der Waals surface area contributed by atoms with Gasteiger partial charge in [0, 0.05) is 5.92 Å². The molecule has 0 aliphatic rings. The molecule has 0 nitrogen and oxygen atoms in total. The van der Waals surface area contributed by atoms with Crippen LogP contribution in [0, 0.1) is 26.2 Å². The molecule has 1 rings (SSSR count). The third kappa shape index (κ3) is 11.6. The largest absolute Gasteiger partial charge is 0.120 e. The summed E-state index contributed by atoms with van der Waals surface area (Å²) in [5, 5.41) is 0. The van der Waals surface area contributed by atoms with Crippen molar-refractivity contribution < 1.29 is 0 Å². The zero-order valence-corrected chi connectivity index (χ0v) is 24.9. The van der Waals surface area contributed by atoms with Gasteiger partial charge in [-0.1, -0.05) is 107 Å². The molecule has 0 aromatic heterocycles. The summed E-state index contributed by atoms with van der Waals surface area (Å²) in [5.74, 6) is 2.39. The molecule has 0 N–H and O–H groups in total. The van der Waals surface area contributed by atoms with Gasteiger partial charge in [-0.3, -0.25) is 0 Å². The van der Waals surface area contributed by atoms with Gasteiger partial charge in [-0.25, -0.2) is 0 Å². The topological polar surface area (TPSA) is 0 Å². The lowest BCUT2D eigenvalue weighted by Crippen LogP contribution is -2.14. The third-order valence-electron chi connectivity index (χ3n) is 5.29. The molecule has 0 saturated carbocycles. The third-order valence-corrected chi connectivity index (χ3v) is 5.29. The van der Waals surface area contributed by atoms with Crippen molar-refractivity contribution in [3.05, 3.63) is 93.6 Å². The first kappa shape index (κ1) is 36.1. The Labute approximate surface area is 214 Å². The maximum Gasteiger partial charge on any atom is 0.0349 e. The van der Waals surface area contributed by atoms with Crippen LogP contribution in [-0.4, -0.2) is 0 Å². The van der Waals surface area contributed by atoms with E-state index in [1.165, 1.54) is 44.6 Å². The van der Waals surface area contributed by atoms with Crippen molar-refractivity contribution in [2.45, 2.75) is 109 Å². The Bertz CT molecular complexity index is 886. The number of allylic oxidation sites excluding steroid dienone is 7. The molecule has 0 amide bonds. The van der Waals surface area contributed by atoms with Gasteiger partial charge in [0.1, 0.15) is 0 Å². The summed E-state index contributed by atoms with van der Waals surface area (Å²) >= 11 is 0. The lowest BCUT2D eigenvalue weighted by atomic mass is 9.73. The van der Waals surface area contributed by atoms with Crippen molar-refractivity contribution in [1.82, 2.24) is 0 Å². The van der Waals surface area contributed by atoms with Crippen molar-refractivity contribution in [2.24, 2.45) is 0 Å². The Hall–Kier alpha value is -2.52. The van der Waals surface area contributed by atoms with Gasteiger partial charge in [-0.2, -0.15) is 0 Å². The second kappa shape index (κ2) is 19.9. The van der Waals surface area contributed by atoms with Crippen LogP contribution in [0.25, 0.3) is 0 Å². The number of rotatable bonds is 8. The summed E-state index contributed by atoms with van der Waals surface area (Å²) in [5.41, 5.74) is 12.6. The fourth-order valence-electron chi connectivity index (χ4n) is 3.90. The number of hydrogen-bond acceptors (Lipinski definition) is 0. The fourth-order valence-corrected chi connectivity index (χ4v) is 3.90. The Morgan fingerprint density at radius 3 is 1.68 bits per heavy atom. The molecule has 0 aliphatic carbocycles. The highest BCUT2D eigenvalue weighted by molar-refractivity contribution is 5.58. The van der Waals surface area contributed by atoms with Crippen LogP contribution in [0.1, 0.15) is 112 Å². The normalized spacial score (nSPS) is 10.8. The second-order valence-electron chi connectivity index (χ2n) is 8.45. The van der Waals surface area contributed by atoms with Crippen LogP contribution >= 0.6 is 0 Å². The monoisotopic (exact) mass is 462 g/mol. The van der Waals surface area contributed by atoms with Gasteiger partial charge in [-0.15, -0.1) is 12.3 Å². The van der Waals surface area contributed by atoms with Crippen molar-refractivity contribution in [3.8, 4) is 12.3 Å². The molecule has 0 aliphatic heterocycles. The van der Waals surface area contributed by atoms with E-state index in [0.717, 1.165) is 24.0 Å². The first-order valence-electron chi connectivity index (χ1n) is 12.8. The molecule has 190 valence electrons. The van der Waals surface area contributed by atoms with Crippen molar-refractivity contribution in [1.29, 1.82) is 0 Å². The highest BCUT2D eigenvalue weighted by Gasteiger charge is 2.27. The van der Waals surface area contributed by atoms with Gasteiger partial charge in [-0.05, 0) is 89.7 Å². The lowest BCUT2D eigenvalue weighted by Gasteiger charge is -2.31. The van der Waals surface area contributed by atoms with E-state index in [1.54, 1.807) is 6.92 Å².